The third-order valence-electron chi connectivity index (χ3n) is 4.30. The first-order valence-corrected chi connectivity index (χ1v) is 10.5. The van der Waals surface area contributed by atoms with Crippen LogP contribution in [-0.2, 0) is 4.79 Å². The minimum Gasteiger partial charge on any atom is -0.497 e. The van der Waals surface area contributed by atoms with Crippen molar-refractivity contribution in [1.29, 1.82) is 0 Å². The van der Waals surface area contributed by atoms with E-state index in [1.165, 1.54) is 0 Å². The average Bonchev–Trinajstić information content (AvgIpc) is 2.66. The maximum absolute atomic E-state index is 13.0. The number of hydrogen-bond acceptors (Lipinski definition) is 3. The fraction of sp³-hybridized carbons (Fsp3) is 0.409. The van der Waals surface area contributed by atoms with Crippen LogP contribution in [0.25, 0.3) is 0 Å². The molecule has 2 aromatic rings. The molecule has 2 atom stereocenters. The van der Waals surface area contributed by atoms with E-state index < -0.39 is 0 Å². The normalized spacial score (nSPS) is 13.3. The number of carbonyl (C=O) groups is 1. The highest BCUT2D eigenvalue weighted by Crippen LogP contribution is 2.29. The summed E-state index contributed by atoms with van der Waals surface area (Å²) < 4.78 is 5.24. The topological polar surface area (TPSA) is 38.3 Å². The van der Waals surface area contributed by atoms with Crippen molar-refractivity contribution >= 4 is 29.3 Å². The molecule has 0 radical (unpaired) electrons. The van der Waals surface area contributed by atoms with Crippen LogP contribution in [0.3, 0.4) is 0 Å². The van der Waals surface area contributed by atoms with Crippen LogP contribution in [0.15, 0.2) is 53.4 Å². The number of methoxy groups -OCH3 is 1. The van der Waals surface area contributed by atoms with Crippen molar-refractivity contribution < 1.29 is 9.53 Å². The monoisotopic (exact) mass is 405 g/mol. The first kappa shape index (κ1) is 21.6. The summed E-state index contributed by atoms with van der Waals surface area (Å²) in [6.07, 6.45) is 1.65. The summed E-state index contributed by atoms with van der Waals surface area (Å²) in [7, 11) is 1.65. The highest BCUT2D eigenvalue weighted by molar-refractivity contribution is 8.00. The molecule has 146 valence electrons. The molecular formula is C22H28ClNO2S. The molecule has 2 rings (SSSR count). The maximum atomic E-state index is 13.0. The number of halogens is 1. The number of rotatable bonds is 9. The molecule has 0 aliphatic carbocycles. The lowest BCUT2D eigenvalue weighted by molar-refractivity contribution is -0.121. The van der Waals surface area contributed by atoms with E-state index in [1.54, 1.807) is 18.9 Å². The SMILES string of the molecule is CC[C@H](Sc1ccc(Cl)cc1)C(=O)N[C@H](CC(C)C)c1ccc(OC)cc1. The molecule has 0 aliphatic rings. The summed E-state index contributed by atoms with van der Waals surface area (Å²) >= 11 is 7.53. The fourth-order valence-corrected chi connectivity index (χ4v) is 3.94. The van der Waals surface area contributed by atoms with Gasteiger partial charge in [0, 0.05) is 9.92 Å². The molecule has 0 fully saturated rings. The van der Waals surface area contributed by atoms with Crippen LogP contribution in [0.4, 0.5) is 0 Å². The zero-order valence-corrected chi connectivity index (χ0v) is 17.9. The molecule has 1 amide bonds. The van der Waals surface area contributed by atoms with Gasteiger partial charge in [-0.2, -0.15) is 0 Å². The van der Waals surface area contributed by atoms with E-state index in [4.69, 9.17) is 16.3 Å². The molecule has 1 N–H and O–H groups in total. The van der Waals surface area contributed by atoms with Gasteiger partial charge in [0.15, 0.2) is 0 Å². The number of hydrogen-bond donors (Lipinski definition) is 1. The van der Waals surface area contributed by atoms with Crippen molar-refractivity contribution in [3.05, 3.63) is 59.1 Å². The summed E-state index contributed by atoms with van der Waals surface area (Å²) in [5.41, 5.74) is 1.10. The van der Waals surface area contributed by atoms with E-state index >= 15 is 0 Å². The minimum absolute atomic E-state index is 0.0109. The van der Waals surface area contributed by atoms with Gasteiger partial charge in [-0.05, 0) is 60.7 Å². The average molecular weight is 406 g/mol. The van der Waals surface area contributed by atoms with Crippen molar-refractivity contribution in [2.24, 2.45) is 5.92 Å². The van der Waals surface area contributed by atoms with E-state index in [-0.39, 0.29) is 17.2 Å². The van der Waals surface area contributed by atoms with Gasteiger partial charge in [-0.25, -0.2) is 0 Å². The summed E-state index contributed by atoms with van der Waals surface area (Å²) in [6, 6.07) is 15.5. The third kappa shape index (κ3) is 6.78. The lowest BCUT2D eigenvalue weighted by atomic mass is 9.96. The van der Waals surface area contributed by atoms with Crippen molar-refractivity contribution in [2.45, 2.75) is 49.8 Å². The van der Waals surface area contributed by atoms with Crippen LogP contribution >= 0.6 is 23.4 Å². The molecule has 0 spiro atoms. The molecule has 27 heavy (non-hydrogen) atoms. The van der Waals surface area contributed by atoms with Gasteiger partial charge in [0.1, 0.15) is 5.75 Å². The first-order valence-electron chi connectivity index (χ1n) is 9.29. The highest BCUT2D eigenvalue weighted by atomic mass is 35.5. The Morgan fingerprint density at radius 1 is 1.11 bits per heavy atom. The molecule has 0 heterocycles. The minimum atomic E-state index is -0.140. The van der Waals surface area contributed by atoms with E-state index in [9.17, 15) is 4.79 Å². The zero-order chi connectivity index (χ0) is 19.8. The molecule has 0 saturated heterocycles. The van der Waals surface area contributed by atoms with Crippen LogP contribution in [0, 0.1) is 5.92 Å². The summed E-state index contributed by atoms with van der Waals surface area (Å²) in [5.74, 6) is 1.36. The van der Waals surface area contributed by atoms with Crippen LogP contribution in [0.1, 0.15) is 45.2 Å². The molecular weight excluding hydrogens is 378 g/mol. The van der Waals surface area contributed by atoms with Crippen LogP contribution in [-0.4, -0.2) is 18.3 Å². The van der Waals surface area contributed by atoms with Gasteiger partial charge >= 0.3 is 0 Å². The predicted octanol–water partition coefficient (Wildman–Crippen LogP) is 6.12. The lowest BCUT2D eigenvalue weighted by Crippen LogP contribution is -2.36. The number of nitrogens with one attached hydrogen (secondary N) is 1. The second kappa shape index (κ2) is 10.6. The summed E-state index contributed by atoms with van der Waals surface area (Å²) in [5, 5.41) is 3.82. The molecule has 0 unspecified atom stereocenters. The smallest absolute Gasteiger partial charge is 0.233 e. The Labute approximate surface area is 171 Å². The largest absolute Gasteiger partial charge is 0.497 e. The Morgan fingerprint density at radius 3 is 2.26 bits per heavy atom. The molecule has 2 aromatic carbocycles. The summed E-state index contributed by atoms with van der Waals surface area (Å²) in [4.78, 5) is 14.0. The van der Waals surface area contributed by atoms with E-state index in [0.717, 1.165) is 29.1 Å². The maximum Gasteiger partial charge on any atom is 0.233 e. The van der Waals surface area contributed by atoms with Gasteiger partial charge in [-0.15, -0.1) is 11.8 Å². The van der Waals surface area contributed by atoms with Gasteiger partial charge in [-0.3, -0.25) is 4.79 Å². The van der Waals surface area contributed by atoms with Gasteiger partial charge in [-0.1, -0.05) is 44.5 Å². The molecule has 0 aliphatic heterocycles. The fourth-order valence-electron chi connectivity index (χ4n) is 2.85. The molecule has 0 bridgehead atoms. The van der Waals surface area contributed by atoms with Gasteiger partial charge in [0.2, 0.25) is 5.91 Å². The number of amides is 1. The van der Waals surface area contributed by atoms with E-state index in [2.05, 4.69) is 19.2 Å². The molecule has 5 heteroatoms. The van der Waals surface area contributed by atoms with Crippen LogP contribution in [0.5, 0.6) is 5.75 Å². The third-order valence-corrected chi connectivity index (χ3v) is 5.93. The number of carbonyl (C=O) groups excluding carboxylic acids is 1. The molecule has 0 saturated carbocycles. The van der Waals surface area contributed by atoms with E-state index in [1.807, 2.05) is 55.5 Å². The van der Waals surface area contributed by atoms with Crippen molar-refractivity contribution in [1.82, 2.24) is 5.32 Å². The van der Waals surface area contributed by atoms with Gasteiger partial charge < -0.3 is 10.1 Å². The van der Waals surface area contributed by atoms with Gasteiger partial charge in [0.05, 0.1) is 18.4 Å². The highest BCUT2D eigenvalue weighted by Gasteiger charge is 2.23. The Hall–Kier alpha value is -1.65. The number of benzene rings is 2. The van der Waals surface area contributed by atoms with Crippen LogP contribution < -0.4 is 10.1 Å². The second-order valence-electron chi connectivity index (χ2n) is 6.93. The zero-order valence-electron chi connectivity index (χ0n) is 16.4. The van der Waals surface area contributed by atoms with Crippen molar-refractivity contribution in [3.63, 3.8) is 0 Å². The van der Waals surface area contributed by atoms with Crippen molar-refractivity contribution in [2.75, 3.05) is 7.11 Å². The molecule has 3 nitrogen and oxygen atoms in total. The summed E-state index contributed by atoms with van der Waals surface area (Å²) in [6.45, 7) is 6.38. The van der Waals surface area contributed by atoms with Crippen LogP contribution in [0.2, 0.25) is 5.02 Å². The Bertz CT molecular complexity index is 716. The quantitative estimate of drug-likeness (QED) is 0.510. The first-order chi connectivity index (χ1) is 12.9. The Kier molecular flexibility index (Phi) is 8.52. The van der Waals surface area contributed by atoms with Crippen molar-refractivity contribution in [3.8, 4) is 5.75 Å². The standard InChI is InChI=1S/C22H28ClNO2S/c1-5-21(27-19-12-8-17(23)9-13-19)22(25)24-20(14-15(2)3)16-6-10-18(26-4)11-7-16/h6-13,15,20-21H,5,14H2,1-4H3,(H,24,25)/t20-,21+/m1/s1. The second-order valence-corrected chi connectivity index (χ2v) is 8.65. The Balaban J connectivity index is 2.10. The predicted molar refractivity (Wildman–Crippen MR) is 115 cm³/mol. The Morgan fingerprint density at radius 2 is 1.74 bits per heavy atom. The number of thioether (sulfide) groups is 1. The van der Waals surface area contributed by atoms with E-state index in [0.29, 0.717) is 10.9 Å². The number of ether oxygens (including phenoxy) is 1. The lowest BCUT2D eigenvalue weighted by Gasteiger charge is -2.24. The van der Waals surface area contributed by atoms with Gasteiger partial charge in [0.25, 0.3) is 0 Å². The molecule has 0 aromatic heterocycles.